The van der Waals surface area contributed by atoms with Gasteiger partial charge in [-0.2, -0.15) is 0 Å². The molecule has 1 rings (SSSR count). The van der Waals surface area contributed by atoms with Crippen LogP contribution in [0.15, 0.2) is 22.7 Å². The van der Waals surface area contributed by atoms with E-state index < -0.39 is 0 Å². The summed E-state index contributed by atoms with van der Waals surface area (Å²) in [6.07, 6.45) is 1.94. The maximum Gasteiger partial charge on any atom is 0.134 e. The summed E-state index contributed by atoms with van der Waals surface area (Å²) in [4.78, 5) is 0. The van der Waals surface area contributed by atoms with Crippen LogP contribution in [0, 0.1) is 5.82 Å². The molecule has 12 heavy (non-hydrogen) atoms. The lowest BCUT2D eigenvalue weighted by atomic mass is 10.3. The van der Waals surface area contributed by atoms with Crippen LogP contribution in [-0.4, -0.2) is 12.2 Å². The van der Waals surface area contributed by atoms with Crippen LogP contribution in [0.1, 0.15) is 0 Å². The normalized spacial score (nSPS) is 9.92. The van der Waals surface area contributed by atoms with Crippen molar-refractivity contribution in [2.24, 2.45) is 0 Å². The molecule has 0 fully saturated rings. The highest BCUT2D eigenvalue weighted by molar-refractivity contribution is 9.10. The lowest BCUT2D eigenvalue weighted by Crippen LogP contribution is -1.92. The Labute approximate surface area is 83.4 Å². The van der Waals surface area contributed by atoms with Crippen LogP contribution in [0.5, 0.6) is 5.75 Å². The molecule has 0 saturated carbocycles. The first-order valence-electron chi connectivity index (χ1n) is 3.31. The van der Waals surface area contributed by atoms with E-state index in [9.17, 15) is 4.39 Å². The second-order valence-corrected chi connectivity index (χ2v) is 3.79. The number of hydrogen-bond acceptors (Lipinski definition) is 2. The van der Waals surface area contributed by atoms with Crippen molar-refractivity contribution in [3.8, 4) is 5.75 Å². The Morgan fingerprint density at radius 1 is 1.58 bits per heavy atom. The van der Waals surface area contributed by atoms with Gasteiger partial charge in [-0.05, 0) is 40.4 Å². The molecule has 1 aromatic rings. The van der Waals surface area contributed by atoms with E-state index in [1.54, 1.807) is 17.8 Å². The number of benzene rings is 1. The molecule has 0 amide bonds. The van der Waals surface area contributed by atoms with Gasteiger partial charge in [0.25, 0.3) is 0 Å². The van der Waals surface area contributed by atoms with Gasteiger partial charge < -0.3 is 4.74 Å². The summed E-state index contributed by atoms with van der Waals surface area (Å²) in [6.45, 7) is 0. The van der Waals surface area contributed by atoms with Crippen LogP contribution in [0.4, 0.5) is 4.39 Å². The minimum Gasteiger partial charge on any atom is -0.482 e. The maximum atomic E-state index is 12.6. The highest BCUT2D eigenvalue weighted by Gasteiger charge is 2.00. The van der Waals surface area contributed by atoms with Crippen molar-refractivity contribution in [2.45, 2.75) is 0 Å². The molecule has 0 saturated heterocycles. The number of halogens is 2. The van der Waals surface area contributed by atoms with Gasteiger partial charge in [-0.25, -0.2) is 4.39 Å². The summed E-state index contributed by atoms with van der Waals surface area (Å²) >= 11 is 4.78. The van der Waals surface area contributed by atoms with Crippen LogP contribution in [-0.2, 0) is 0 Å². The van der Waals surface area contributed by atoms with Crippen molar-refractivity contribution in [3.63, 3.8) is 0 Å². The summed E-state index contributed by atoms with van der Waals surface area (Å²) in [5.74, 6) is 0.980. The number of ether oxygens (including phenoxy) is 1. The van der Waals surface area contributed by atoms with E-state index in [0.717, 1.165) is 0 Å². The van der Waals surface area contributed by atoms with Gasteiger partial charge >= 0.3 is 0 Å². The predicted octanol–water partition coefficient (Wildman–Crippen LogP) is 3.29. The van der Waals surface area contributed by atoms with Gasteiger partial charge in [0, 0.05) is 0 Å². The van der Waals surface area contributed by atoms with Crippen LogP contribution in [0.25, 0.3) is 0 Å². The molecule has 4 heteroatoms. The highest BCUT2D eigenvalue weighted by Crippen LogP contribution is 2.25. The van der Waals surface area contributed by atoms with Gasteiger partial charge in [-0.15, -0.1) is 11.8 Å². The van der Waals surface area contributed by atoms with Gasteiger partial charge in [0.05, 0.1) is 4.47 Å². The zero-order valence-corrected chi connectivity index (χ0v) is 8.91. The van der Waals surface area contributed by atoms with Gasteiger partial charge in [0.2, 0.25) is 0 Å². The van der Waals surface area contributed by atoms with Crippen LogP contribution in [0.3, 0.4) is 0 Å². The van der Waals surface area contributed by atoms with Gasteiger partial charge in [0.1, 0.15) is 17.5 Å². The van der Waals surface area contributed by atoms with Gasteiger partial charge in [-0.1, -0.05) is 0 Å². The number of hydrogen-bond donors (Lipinski definition) is 0. The van der Waals surface area contributed by atoms with E-state index >= 15 is 0 Å². The first kappa shape index (κ1) is 9.86. The van der Waals surface area contributed by atoms with Crippen molar-refractivity contribution in [1.82, 2.24) is 0 Å². The molecule has 0 radical (unpaired) electrons. The van der Waals surface area contributed by atoms with Crippen LogP contribution >= 0.6 is 27.7 Å². The highest BCUT2D eigenvalue weighted by atomic mass is 79.9. The van der Waals surface area contributed by atoms with E-state index in [4.69, 9.17) is 4.74 Å². The van der Waals surface area contributed by atoms with Crippen LogP contribution < -0.4 is 4.74 Å². The minimum absolute atomic E-state index is 0.265. The molecule has 0 N–H and O–H groups in total. The van der Waals surface area contributed by atoms with E-state index in [-0.39, 0.29) is 5.82 Å². The minimum atomic E-state index is -0.265. The first-order valence-corrected chi connectivity index (χ1v) is 5.49. The lowest BCUT2D eigenvalue weighted by Gasteiger charge is -2.05. The molecule has 0 bridgehead atoms. The van der Waals surface area contributed by atoms with Crippen molar-refractivity contribution < 1.29 is 9.13 Å². The third-order valence-electron chi connectivity index (χ3n) is 1.23. The molecule has 0 unspecified atom stereocenters. The third kappa shape index (κ3) is 2.68. The average Bonchev–Trinajstić information content (AvgIpc) is 2.03. The predicted molar refractivity (Wildman–Crippen MR) is 53.1 cm³/mol. The van der Waals surface area contributed by atoms with Crippen molar-refractivity contribution in [1.29, 1.82) is 0 Å². The number of thioether (sulfide) groups is 1. The number of rotatable bonds is 3. The standard InChI is InChI=1S/C8H8BrFOS/c1-12-5-11-8-3-2-6(10)4-7(8)9/h2-4H,5H2,1H3. The smallest absolute Gasteiger partial charge is 0.134 e. The topological polar surface area (TPSA) is 9.23 Å². The fraction of sp³-hybridized carbons (Fsp3) is 0.250. The van der Waals surface area contributed by atoms with Gasteiger partial charge in [0.15, 0.2) is 0 Å². The Bertz CT molecular complexity index is 267. The zero-order valence-electron chi connectivity index (χ0n) is 6.51. The molecular formula is C8H8BrFOS. The molecule has 0 aromatic heterocycles. The monoisotopic (exact) mass is 250 g/mol. The van der Waals surface area contributed by atoms with E-state index in [1.807, 2.05) is 6.26 Å². The summed E-state index contributed by atoms with van der Waals surface area (Å²) in [5.41, 5.74) is 0. The van der Waals surface area contributed by atoms with Crippen molar-refractivity contribution >= 4 is 27.7 Å². The zero-order chi connectivity index (χ0) is 8.97. The summed E-state index contributed by atoms with van der Waals surface area (Å²) < 4.78 is 18.5. The maximum absolute atomic E-state index is 12.6. The molecule has 0 aliphatic rings. The molecule has 1 nitrogen and oxygen atoms in total. The molecule has 66 valence electrons. The second-order valence-electron chi connectivity index (χ2n) is 2.13. The Kier molecular flexibility index (Phi) is 3.88. The molecule has 1 aromatic carbocycles. The Morgan fingerprint density at radius 2 is 2.33 bits per heavy atom. The molecule has 0 atom stereocenters. The summed E-state index contributed by atoms with van der Waals surface area (Å²) in [7, 11) is 0. The Morgan fingerprint density at radius 3 is 2.92 bits per heavy atom. The lowest BCUT2D eigenvalue weighted by molar-refractivity contribution is 0.390. The van der Waals surface area contributed by atoms with Crippen LogP contribution in [0.2, 0.25) is 0 Å². The van der Waals surface area contributed by atoms with E-state index in [2.05, 4.69) is 15.9 Å². The molecule has 0 spiro atoms. The Balaban J connectivity index is 2.72. The Hall–Kier alpha value is -0.220. The van der Waals surface area contributed by atoms with Crippen molar-refractivity contribution in [3.05, 3.63) is 28.5 Å². The fourth-order valence-corrected chi connectivity index (χ4v) is 1.42. The largest absolute Gasteiger partial charge is 0.482 e. The molecule has 0 aliphatic heterocycles. The van der Waals surface area contributed by atoms with Crippen molar-refractivity contribution in [2.75, 3.05) is 12.2 Å². The van der Waals surface area contributed by atoms with E-state index in [0.29, 0.717) is 16.2 Å². The second kappa shape index (κ2) is 4.72. The molecular weight excluding hydrogens is 243 g/mol. The van der Waals surface area contributed by atoms with E-state index in [1.165, 1.54) is 12.1 Å². The average molecular weight is 251 g/mol. The SMILES string of the molecule is CSCOc1ccc(F)cc1Br. The molecule has 0 heterocycles. The summed E-state index contributed by atoms with van der Waals surface area (Å²) in [5, 5.41) is 0. The quantitative estimate of drug-likeness (QED) is 0.762. The molecule has 0 aliphatic carbocycles. The summed E-state index contributed by atoms with van der Waals surface area (Å²) in [6, 6.07) is 4.37. The third-order valence-corrected chi connectivity index (χ3v) is 2.20. The van der Waals surface area contributed by atoms with Gasteiger partial charge in [-0.3, -0.25) is 0 Å². The first-order chi connectivity index (χ1) is 5.74. The fourth-order valence-electron chi connectivity index (χ4n) is 0.715.